The third-order valence-corrected chi connectivity index (χ3v) is 2.43. The number of aliphatic imine (C=N–C) groups is 1. The summed E-state index contributed by atoms with van der Waals surface area (Å²) in [5, 5.41) is 9.26. The zero-order valence-corrected chi connectivity index (χ0v) is 10.1. The number of alkyl halides is 1. The van der Waals surface area contributed by atoms with Gasteiger partial charge in [-0.3, -0.25) is 0 Å². The number of hydrogen-bond acceptors (Lipinski definition) is 2. The van der Waals surface area contributed by atoms with Gasteiger partial charge in [0.05, 0.1) is 22.2 Å². The Morgan fingerprint density at radius 1 is 1.44 bits per heavy atom. The summed E-state index contributed by atoms with van der Waals surface area (Å²) in [5.41, 5.74) is 5.35. The van der Waals surface area contributed by atoms with Crippen molar-refractivity contribution >= 4 is 52.3 Å². The molecule has 0 aliphatic heterocycles. The minimum absolute atomic E-state index is 0.0159. The van der Waals surface area contributed by atoms with E-state index in [1.54, 1.807) is 0 Å². The number of carbonyl (C=O) groups is 1. The van der Waals surface area contributed by atoms with Gasteiger partial charge in [-0.1, -0.05) is 23.2 Å². The molecule has 0 aliphatic carbocycles. The van der Waals surface area contributed by atoms with E-state index >= 15 is 0 Å². The highest BCUT2D eigenvalue weighted by Gasteiger charge is 2.14. The van der Waals surface area contributed by atoms with E-state index in [2.05, 4.69) is 4.99 Å². The Morgan fingerprint density at radius 3 is 2.56 bits per heavy atom. The molecule has 0 aromatic heterocycles. The predicted octanol–water partition coefficient (Wildman–Crippen LogP) is 2.92. The van der Waals surface area contributed by atoms with Gasteiger partial charge >= 0.3 is 5.97 Å². The fourth-order valence-corrected chi connectivity index (χ4v) is 1.61. The molecule has 0 heterocycles. The molecule has 0 fully saturated rings. The second kappa shape index (κ2) is 5.39. The number of carboxylic acid groups (broad SMARTS) is 1. The van der Waals surface area contributed by atoms with E-state index in [4.69, 9.17) is 45.6 Å². The summed E-state index contributed by atoms with van der Waals surface area (Å²) >= 11 is 17.0. The minimum atomic E-state index is -1.19. The van der Waals surface area contributed by atoms with Crippen LogP contribution in [0, 0.1) is 0 Å². The second-order valence-corrected chi connectivity index (χ2v) is 3.94. The molecule has 86 valence electrons. The molecule has 0 saturated carbocycles. The molecule has 7 heteroatoms. The zero-order valence-electron chi connectivity index (χ0n) is 7.88. The van der Waals surface area contributed by atoms with Crippen molar-refractivity contribution in [1.82, 2.24) is 0 Å². The van der Waals surface area contributed by atoms with Gasteiger partial charge < -0.3 is 10.8 Å². The first-order chi connectivity index (χ1) is 7.45. The molecule has 1 aromatic rings. The molecule has 0 saturated heterocycles. The highest BCUT2D eigenvalue weighted by molar-refractivity contribution is 6.37. The lowest BCUT2D eigenvalue weighted by molar-refractivity contribution is 0.0698. The molecule has 0 spiro atoms. The van der Waals surface area contributed by atoms with E-state index < -0.39 is 5.97 Å². The van der Waals surface area contributed by atoms with Crippen molar-refractivity contribution in [3.8, 4) is 0 Å². The van der Waals surface area contributed by atoms with Gasteiger partial charge in [-0.25, -0.2) is 9.79 Å². The standard InChI is InChI=1S/C9H7Cl3N2O2/c10-3-7(13)14-8-5(9(15)16)1-4(11)2-6(8)12/h1-2H,3H2,(H2,13,14)(H,15,16). The Balaban J connectivity index is 3.41. The number of nitrogens with zero attached hydrogens (tertiary/aromatic N) is 1. The van der Waals surface area contributed by atoms with E-state index in [0.717, 1.165) is 0 Å². The lowest BCUT2D eigenvalue weighted by atomic mass is 10.2. The van der Waals surface area contributed by atoms with Crippen molar-refractivity contribution in [2.75, 3.05) is 5.88 Å². The summed E-state index contributed by atoms with van der Waals surface area (Å²) in [6.07, 6.45) is 0. The van der Waals surface area contributed by atoms with Crippen molar-refractivity contribution < 1.29 is 9.90 Å². The Kier molecular flexibility index (Phi) is 4.41. The first-order valence-corrected chi connectivity index (χ1v) is 5.36. The Bertz CT molecular complexity index is 460. The van der Waals surface area contributed by atoms with Crippen LogP contribution in [0.4, 0.5) is 5.69 Å². The predicted molar refractivity (Wildman–Crippen MR) is 65.4 cm³/mol. The molecule has 3 N–H and O–H groups in total. The maximum Gasteiger partial charge on any atom is 0.338 e. The van der Waals surface area contributed by atoms with Crippen LogP contribution < -0.4 is 5.73 Å². The number of carboxylic acids is 1. The van der Waals surface area contributed by atoms with Crippen molar-refractivity contribution in [3.05, 3.63) is 27.7 Å². The molecule has 0 aliphatic rings. The molecule has 4 nitrogen and oxygen atoms in total. The summed E-state index contributed by atoms with van der Waals surface area (Å²) in [6, 6.07) is 2.63. The maximum atomic E-state index is 10.9. The number of aromatic carboxylic acids is 1. The van der Waals surface area contributed by atoms with Gasteiger partial charge in [0.2, 0.25) is 0 Å². The van der Waals surface area contributed by atoms with Crippen molar-refractivity contribution in [3.63, 3.8) is 0 Å². The summed E-state index contributed by atoms with van der Waals surface area (Å²) in [7, 11) is 0. The monoisotopic (exact) mass is 280 g/mol. The quantitative estimate of drug-likeness (QED) is 0.508. The van der Waals surface area contributed by atoms with Gasteiger partial charge in [-0.2, -0.15) is 0 Å². The van der Waals surface area contributed by atoms with Crippen LogP contribution in [-0.2, 0) is 0 Å². The van der Waals surface area contributed by atoms with Gasteiger partial charge in [-0.05, 0) is 12.1 Å². The van der Waals surface area contributed by atoms with Crippen LogP contribution in [0.2, 0.25) is 10.0 Å². The minimum Gasteiger partial charge on any atom is -0.478 e. The van der Waals surface area contributed by atoms with Gasteiger partial charge in [-0.15, -0.1) is 11.6 Å². The largest absolute Gasteiger partial charge is 0.478 e. The van der Waals surface area contributed by atoms with Crippen LogP contribution >= 0.6 is 34.8 Å². The highest BCUT2D eigenvalue weighted by Crippen LogP contribution is 2.32. The third kappa shape index (κ3) is 3.01. The first-order valence-electron chi connectivity index (χ1n) is 4.07. The Labute approximate surface area is 107 Å². The lowest BCUT2D eigenvalue weighted by Gasteiger charge is -2.05. The molecular formula is C9H7Cl3N2O2. The van der Waals surface area contributed by atoms with Crippen LogP contribution in [-0.4, -0.2) is 22.8 Å². The van der Waals surface area contributed by atoms with Gasteiger partial charge in [0.1, 0.15) is 5.84 Å². The van der Waals surface area contributed by atoms with Gasteiger partial charge in [0, 0.05) is 5.02 Å². The molecular weight excluding hydrogens is 274 g/mol. The molecule has 0 radical (unpaired) electrons. The lowest BCUT2D eigenvalue weighted by Crippen LogP contribution is -2.13. The number of rotatable bonds is 3. The SMILES string of the molecule is NC(CCl)=Nc1c(Cl)cc(Cl)cc1C(=O)O. The van der Waals surface area contributed by atoms with Gasteiger partial charge in [0.15, 0.2) is 0 Å². The smallest absolute Gasteiger partial charge is 0.338 e. The summed E-state index contributed by atoms with van der Waals surface area (Å²) < 4.78 is 0. The molecule has 1 rings (SSSR count). The number of nitrogens with two attached hydrogens (primary N) is 1. The van der Waals surface area contributed by atoms with Crippen molar-refractivity contribution in [1.29, 1.82) is 0 Å². The van der Waals surface area contributed by atoms with E-state index in [1.807, 2.05) is 0 Å². The van der Waals surface area contributed by atoms with Crippen molar-refractivity contribution in [2.45, 2.75) is 0 Å². The summed E-state index contributed by atoms with van der Waals surface area (Å²) in [5.74, 6) is -1.13. The third-order valence-electron chi connectivity index (χ3n) is 1.65. The van der Waals surface area contributed by atoms with E-state index in [-0.39, 0.29) is 33.0 Å². The molecule has 1 aromatic carbocycles. The zero-order chi connectivity index (χ0) is 12.3. The summed E-state index contributed by atoms with van der Waals surface area (Å²) in [4.78, 5) is 14.8. The molecule has 0 unspecified atom stereocenters. The van der Waals surface area contributed by atoms with Gasteiger partial charge in [0.25, 0.3) is 0 Å². The fourth-order valence-electron chi connectivity index (χ4n) is 1.02. The Hall–Kier alpha value is -0.970. The molecule has 0 amide bonds. The topological polar surface area (TPSA) is 75.7 Å². The second-order valence-electron chi connectivity index (χ2n) is 2.83. The Morgan fingerprint density at radius 2 is 2.06 bits per heavy atom. The van der Waals surface area contributed by atoms with E-state index in [9.17, 15) is 4.79 Å². The molecule has 0 atom stereocenters. The number of amidine groups is 1. The van der Waals surface area contributed by atoms with Crippen LogP contribution in [0.5, 0.6) is 0 Å². The van der Waals surface area contributed by atoms with Crippen LogP contribution in [0.25, 0.3) is 0 Å². The van der Waals surface area contributed by atoms with Crippen LogP contribution in [0.3, 0.4) is 0 Å². The van der Waals surface area contributed by atoms with Crippen LogP contribution in [0.1, 0.15) is 10.4 Å². The molecule has 16 heavy (non-hydrogen) atoms. The van der Waals surface area contributed by atoms with Crippen molar-refractivity contribution in [2.24, 2.45) is 10.7 Å². The number of benzene rings is 1. The average molecular weight is 282 g/mol. The van der Waals surface area contributed by atoms with E-state index in [0.29, 0.717) is 0 Å². The maximum absolute atomic E-state index is 10.9. The first kappa shape index (κ1) is 13.1. The normalized spacial score (nSPS) is 11.6. The highest BCUT2D eigenvalue weighted by atomic mass is 35.5. The fraction of sp³-hybridized carbons (Fsp3) is 0.111. The summed E-state index contributed by atoms with van der Waals surface area (Å²) in [6.45, 7) is 0. The number of hydrogen-bond donors (Lipinski definition) is 2. The average Bonchev–Trinajstić information content (AvgIpc) is 2.20. The number of halogens is 3. The van der Waals surface area contributed by atoms with Crippen LogP contribution in [0.15, 0.2) is 17.1 Å². The molecule has 0 bridgehead atoms. The van der Waals surface area contributed by atoms with E-state index in [1.165, 1.54) is 12.1 Å².